The highest BCUT2D eigenvalue weighted by molar-refractivity contribution is 8.01. The molecule has 1 atom stereocenters. The molecule has 7 nitrogen and oxygen atoms in total. The van der Waals surface area contributed by atoms with Gasteiger partial charge in [-0.15, -0.1) is 10.2 Å². The number of sulfone groups is 1. The van der Waals surface area contributed by atoms with E-state index in [0.29, 0.717) is 12.8 Å². The summed E-state index contributed by atoms with van der Waals surface area (Å²) in [5.41, 5.74) is 0.801. The average Bonchev–Trinajstić information content (AvgIpc) is 2.87. The van der Waals surface area contributed by atoms with Crippen LogP contribution in [0.5, 0.6) is 0 Å². The van der Waals surface area contributed by atoms with Crippen molar-refractivity contribution in [3.8, 4) is 0 Å². The maximum atomic E-state index is 12.3. The number of thioether (sulfide) groups is 1. The van der Waals surface area contributed by atoms with Crippen molar-refractivity contribution in [2.75, 3.05) is 17.3 Å². The molecule has 1 aliphatic heterocycles. The van der Waals surface area contributed by atoms with Crippen molar-refractivity contribution in [2.24, 2.45) is 0 Å². The zero-order chi connectivity index (χ0) is 16.4. The Morgan fingerprint density at radius 1 is 1.26 bits per heavy atom. The van der Waals surface area contributed by atoms with Gasteiger partial charge in [-0.3, -0.25) is 4.79 Å². The van der Waals surface area contributed by atoms with Gasteiger partial charge in [0.05, 0.1) is 11.5 Å². The van der Waals surface area contributed by atoms with Crippen LogP contribution in [0.2, 0.25) is 0 Å². The summed E-state index contributed by atoms with van der Waals surface area (Å²) >= 11 is 1.19. The smallest absolute Gasteiger partial charge is 0.294 e. The maximum Gasteiger partial charge on any atom is 0.294 e. The van der Waals surface area contributed by atoms with Crippen LogP contribution in [-0.2, 0) is 16.3 Å². The lowest BCUT2D eigenvalue weighted by Gasteiger charge is -2.10. The summed E-state index contributed by atoms with van der Waals surface area (Å²) in [5, 5.41) is 8.09. The molecule has 1 saturated heterocycles. The molecule has 122 valence electrons. The van der Waals surface area contributed by atoms with Crippen LogP contribution in [0.4, 0.5) is 0 Å². The molecule has 2 aromatic rings. The van der Waals surface area contributed by atoms with Gasteiger partial charge in [-0.1, -0.05) is 42.1 Å². The third-order valence-electron chi connectivity index (χ3n) is 3.61. The van der Waals surface area contributed by atoms with Crippen LogP contribution in [-0.4, -0.2) is 40.0 Å². The van der Waals surface area contributed by atoms with Gasteiger partial charge >= 0.3 is 0 Å². The van der Waals surface area contributed by atoms with Crippen molar-refractivity contribution in [1.82, 2.24) is 14.9 Å². The van der Waals surface area contributed by atoms with Crippen LogP contribution in [0.1, 0.15) is 17.7 Å². The van der Waals surface area contributed by atoms with Crippen LogP contribution < -0.4 is 11.4 Å². The Labute approximate surface area is 137 Å². The molecule has 0 aliphatic carbocycles. The number of rotatable bonds is 4. The first-order valence-corrected chi connectivity index (χ1v) is 9.79. The Balaban J connectivity index is 1.79. The van der Waals surface area contributed by atoms with Crippen LogP contribution in [0.25, 0.3) is 0 Å². The van der Waals surface area contributed by atoms with E-state index in [1.165, 1.54) is 11.8 Å². The average molecular weight is 352 g/mol. The van der Waals surface area contributed by atoms with Gasteiger partial charge in [0.25, 0.3) is 5.56 Å². The molecule has 0 bridgehead atoms. The fraction of sp³-hybridized carbons (Fsp3) is 0.357. The van der Waals surface area contributed by atoms with Crippen molar-refractivity contribution >= 4 is 21.6 Å². The van der Waals surface area contributed by atoms with E-state index in [2.05, 4.69) is 10.2 Å². The molecule has 0 radical (unpaired) electrons. The normalized spacial score (nSPS) is 19.7. The lowest BCUT2D eigenvalue weighted by atomic mass is 10.1. The minimum atomic E-state index is -2.98. The topological polar surface area (TPSA) is 108 Å². The zero-order valence-electron chi connectivity index (χ0n) is 12.3. The minimum absolute atomic E-state index is 0.0826. The van der Waals surface area contributed by atoms with Gasteiger partial charge in [0.2, 0.25) is 5.16 Å². The predicted octanol–water partition coefficient (Wildman–Crippen LogP) is 0.222. The van der Waals surface area contributed by atoms with E-state index in [4.69, 9.17) is 5.84 Å². The first-order chi connectivity index (χ1) is 10.9. The highest BCUT2D eigenvalue weighted by Gasteiger charge is 2.30. The van der Waals surface area contributed by atoms with Gasteiger partial charge in [0.15, 0.2) is 9.84 Å². The Bertz CT molecular complexity index is 865. The summed E-state index contributed by atoms with van der Waals surface area (Å²) in [4.78, 5) is 12.3. The number of nitrogen functional groups attached to an aromatic ring is 1. The summed E-state index contributed by atoms with van der Waals surface area (Å²) in [6.07, 6.45) is 0.890. The van der Waals surface area contributed by atoms with Crippen LogP contribution in [0.3, 0.4) is 0 Å². The summed E-state index contributed by atoms with van der Waals surface area (Å²) in [7, 11) is -2.98. The number of nitrogens with zero attached hydrogens (tertiary/aromatic N) is 3. The molecule has 0 unspecified atom stereocenters. The standard InChI is InChI=1S/C14H16N4O3S2/c15-18-13(19)12(8-10-4-2-1-3-5-10)16-17-14(18)22-11-6-7-23(20,21)9-11/h1-5,11H,6-9,15H2/t11-/m1/s1. The molecule has 1 aromatic carbocycles. The monoisotopic (exact) mass is 352 g/mol. The van der Waals surface area contributed by atoms with Crippen molar-refractivity contribution in [2.45, 2.75) is 23.2 Å². The van der Waals surface area contributed by atoms with Gasteiger partial charge in [0.1, 0.15) is 5.69 Å². The summed E-state index contributed by atoms with van der Waals surface area (Å²) in [6.45, 7) is 0. The molecular formula is C14H16N4O3S2. The van der Waals surface area contributed by atoms with Crippen LogP contribution in [0, 0.1) is 0 Å². The van der Waals surface area contributed by atoms with Crippen LogP contribution >= 0.6 is 11.8 Å². The fourth-order valence-corrected chi connectivity index (χ4v) is 5.81. The van der Waals surface area contributed by atoms with Gasteiger partial charge in [-0.2, -0.15) is 4.68 Å². The Hall–Kier alpha value is -1.87. The van der Waals surface area contributed by atoms with E-state index in [9.17, 15) is 13.2 Å². The van der Waals surface area contributed by atoms with E-state index < -0.39 is 15.4 Å². The van der Waals surface area contributed by atoms with Crippen molar-refractivity contribution in [1.29, 1.82) is 0 Å². The predicted molar refractivity (Wildman–Crippen MR) is 88.6 cm³/mol. The molecule has 1 aliphatic rings. The van der Waals surface area contributed by atoms with Crippen molar-refractivity contribution in [3.05, 3.63) is 51.9 Å². The van der Waals surface area contributed by atoms with Gasteiger partial charge in [-0.25, -0.2) is 8.42 Å². The van der Waals surface area contributed by atoms with Gasteiger partial charge in [-0.05, 0) is 12.0 Å². The second-order valence-corrected chi connectivity index (χ2v) is 8.91. The number of hydrogen-bond acceptors (Lipinski definition) is 7. The van der Waals surface area contributed by atoms with Crippen molar-refractivity contribution in [3.63, 3.8) is 0 Å². The quantitative estimate of drug-likeness (QED) is 0.784. The van der Waals surface area contributed by atoms with E-state index in [1.54, 1.807) is 0 Å². The van der Waals surface area contributed by atoms with Gasteiger partial charge < -0.3 is 5.84 Å². The van der Waals surface area contributed by atoms with Gasteiger partial charge in [0, 0.05) is 11.7 Å². The molecule has 2 heterocycles. The molecule has 3 rings (SSSR count). The van der Waals surface area contributed by atoms with Crippen LogP contribution in [0.15, 0.2) is 40.3 Å². The van der Waals surface area contributed by atoms with E-state index >= 15 is 0 Å². The molecule has 1 fully saturated rings. The molecule has 1 aromatic heterocycles. The maximum absolute atomic E-state index is 12.3. The second-order valence-electron chi connectivity index (χ2n) is 5.41. The largest absolute Gasteiger partial charge is 0.334 e. The van der Waals surface area contributed by atoms with E-state index in [0.717, 1.165) is 10.2 Å². The summed E-state index contributed by atoms with van der Waals surface area (Å²) in [5.74, 6) is 6.06. The first-order valence-electron chi connectivity index (χ1n) is 7.09. The third-order valence-corrected chi connectivity index (χ3v) is 6.81. The lowest BCUT2D eigenvalue weighted by molar-refractivity contribution is 0.602. The molecule has 23 heavy (non-hydrogen) atoms. The summed E-state index contributed by atoms with van der Waals surface area (Å²) in [6, 6.07) is 9.46. The SMILES string of the molecule is Nn1c(S[C@@H]2CCS(=O)(=O)C2)nnc(Cc2ccccc2)c1=O. The molecule has 0 saturated carbocycles. The number of aromatic nitrogens is 3. The summed E-state index contributed by atoms with van der Waals surface area (Å²) < 4.78 is 23.9. The Morgan fingerprint density at radius 3 is 2.65 bits per heavy atom. The molecule has 0 spiro atoms. The van der Waals surface area contributed by atoms with E-state index in [-0.39, 0.29) is 27.6 Å². The highest BCUT2D eigenvalue weighted by atomic mass is 32.2. The lowest BCUT2D eigenvalue weighted by Crippen LogP contribution is -2.34. The minimum Gasteiger partial charge on any atom is -0.334 e. The molecule has 2 N–H and O–H groups in total. The second kappa shape index (κ2) is 6.32. The Morgan fingerprint density at radius 2 is 2.00 bits per heavy atom. The zero-order valence-corrected chi connectivity index (χ0v) is 13.9. The first kappa shape index (κ1) is 16.0. The number of nitrogens with two attached hydrogens (primary N) is 1. The third kappa shape index (κ3) is 3.73. The molecule has 9 heteroatoms. The fourth-order valence-electron chi connectivity index (χ4n) is 2.40. The van der Waals surface area contributed by atoms with Crippen molar-refractivity contribution < 1.29 is 8.42 Å². The molecule has 0 amide bonds. The number of benzene rings is 1. The molecular weight excluding hydrogens is 336 g/mol. The Kier molecular flexibility index (Phi) is 4.40. The highest BCUT2D eigenvalue weighted by Crippen LogP contribution is 2.28. The number of hydrogen-bond donors (Lipinski definition) is 1. The van der Waals surface area contributed by atoms with E-state index in [1.807, 2.05) is 30.3 Å².